The number of alkyl halides is 3. The average molecular weight is 236 g/mol. The number of nitrogens with two attached hydrogens (primary N) is 2. The zero-order valence-electron chi connectivity index (χ0n) is 7.71. The van der Waals surface area contributed by atoms with Crippen LogP contribution in [-0.4, -0.2) is 4.92 Å². The molecule has 1 rings (SSSR count). The van der Waals surface area contributed by atoms with Crippen molar-refractivity contribution in [1.82, 2.24) is 0 Å². The van der Waals surface area contributed by atoms with E-state index in [1.807, 2.05) is 5.43 Å². The van der Waals surface area contributed by atoms with Crippen LogP contribution in [0.1, 0.15) is 5.56 Å². The van der Waals surface area contributed by atoms with Crippen LogP contribution in [0.4, 0.5) is 30.2 Å². The van der Waals surface area contributed by atoms with Gasteiger partial charge in [0.05, 0.1) is 21.9 Å². The predicted molar refractivity (Wildman–Crippen MR) is 50.3 cm³/mol. The highest BCUT2D eigenvalue weighted by atomic mass is 19.4. The summed E-state index contributed by atoms with van der Waals surface area (Å²) in [6.07, 6.45) is -4.78. The molecular weight excluding hydrogens is 229 g/mol. The van der Waals surface area contributed by atoms with Crippen molar-refractivity contribution < 1.29 is 18.1 Å². The number of hydrogen-bond acceptors (Lipinski definition) is 5. The number of nitrogen functional groups attached to an aromatic ring is 2. The molecule has 0 unspecified atom stereocenters. The Balaban J connectivity index is 3.48. The molecular formula is C7H7F3N4O2. The highest BCUT2D eigenvalue weighted by Gasteiger charge is 2.35. The van der Waals surface area contributed by atoms with E-state index in [1.54, 1.807) is 0 Å². The predicted octanol–water partition coefficient (Wildman–Crippen LogP) is 1.48. The minimum Gasteiger partial charge on any atom is -0.397 e. The van der Waals surface area contributed by atoms with Crippen molar-refractivity contribution in [2.24, 2.45) is 5.84 Å². The number of benzene rings is 1. The molecule has 88 valence electrons. The molecule has 0 heterocycles. The van der Waals surface area contributed by atoms with Gasteiger partial charge in [-0.25, -0.2) is 0 Å². The van der Waals surface area contributed by atoms with Gasteiger partial charge in [-0.1, -0.05) is 0 Å². The van der Waals surface area contributed by atoms with Crippen LogP contribution in [-0.2, 0) is 6.18 Å². The van der Waals surface area contributed by atoms with Gasteiger partial charge in [-0.2, -0.15) is 13.2 Å². The molecule has 0 atom stereocenters. The third kappa shape index (κ3) is 2.14. The van der Waals surface area contributed by atoms with Gasteiger partial charge in [0, 0.05) is 12.1 Å². The summed E-state index contributed by atoms with van der Waals surface area (Å²) in [7, 11) is 0. The second-order valence-corrected chi connectivity index (χ2v) is 2.85. The monoisotopic (exact) mass is 236 g/mol. The van der Waals surface area contributed by atoms with Crippen molar-refractivity contribution in [3.05, 3.63) is 27.8 Å². The van der Waals surface area contributed by atoms with E-state index in [1.165, 1.54) is 0 Å². The Morgan fingerprint density at radius 3 is 2.31 bits per heavy atom. The molecule has 0 amide bonds. The van der Waals surface area contributed by atoms with Crippen molar-refractivity contribution in [3.8, 4) is 0 Å². The molecule has 0 aliphatic heterocycles. The number of hydrogen-bond donors (Lipinski definition) is 3. The van der Waals surface area contributed by atoms with Crippen LogP contribution in [0.25, 0.3) is 0 Å². The van der Waals surface area contributed by atoms with Crippen LogP contribution in [0.2, 0.25) is 0 Å². The number of rotatable bonds is 2. The lowest BCUT2D eigenvalue weighted by molar-refractivity contribution is -0.385. The van der Waals surface area contributed by atoms with Crippen LogP contribution in [0.5, 0.6) is 0 Å². The zero-order chi connectivity index (χ0) is 12.5. The molecule has 0 saturated carbocycles. The molecule has 0 spiro atoms. The fourth-order valence-electron chi connectivity index (χ4n) is 1.10. The largest absolute Gasteiger partial charge is 0.418 e. The standard InChI is InChI=1S/C7H7F3N4O2/c8-7(9,10)4-1-3(14(15)16)2-5(13-12)6(4)11/h1-2,13H,11-12H2. The molecule has 1 aromatic rings. The maximum Gasteiger partial charge on any atom is 0.418 e. The summed E-state index contributed by atoms with van der Waals surface area (Å²) in [4.78, 5) is 9.43. The first-order valence-electron chi connectivity index (χ1n) is 3.89. The quantitative estimate of drug-likeness (QED) is 0.312. The summed E-state index contributed by atoms with van der Waals surface area (Å²) < 4.78 is 37.3. The maximum absolute atomic E-state index is 12.4. The molecule has 5 N–H and O–H groups in total. The Hall–Kier alpha value is -2.03. The first kappa shape index (κ1) is 12.0. The molecule has 6 nitrogen and oxygen atoms in total. The Kier molecular flexibility index (Phi) is 2.90. The fourth-order valence-corrected chi connectivity index (χ4v) is 1.10. The molecule has 1 aromatic carbocycles. The maximum atomic E-state index is 12.4. The molecule has 0 aromatic heterocycles. The number of hydrazine groups is 1. The van der Waals surface area contributed by atoms with Gasteiger partial charge in [-0.15, -0.1) is 0 Å². The lowest BCUT2D eigenvalue weighted by atomic mass is 10.1. The molecule has 0 radical (unpaired) electrons. The summed E-state index contributed by atoms with van der Waals surface area (Å²) in [5.74, 6) is 4.91. The van der Waals surface area contributed by atoms with Gasteiger partial charge in [0.15, 0.2) is 0 Å². The number of halogens is 3. The third-order valence-corrected chi connectivity index (χ3v) is 1.84. The molecule has 0 aliphatic rings. The molecule has 0 bridgehead atoms. The fraction of sp³-hybridized carbons (Fsp3) is 0.143. The minimum atomic E-state index is -4.78. The SMILES string of the molecule is NNc1cc([N+](=O)[O-])cc(C(F)(F)F)c1N. The van der Waals surface area contributed by atoms with Gasteiger partial charge in [-0.3, -0.25) is 16.0 Å². The van der Waals surface area contributed by atoms with E-state index < -0.39 is 28.0 Å². The molecule has 0 fully saturated rings. The second kappa shape index (κ2) is 3.85. The van der Waals surface area contributed by atoms with Gasteiger partial charge >= 0.3 is 6.18 Å². The van der Waals surface area contributed by atoms with Crippen LogP contribution in [0.3, 0.4) is 0 Å². The van der Waals surface area contributed by atoms with Crippen LogP contribution >= 0.6 is 0 Å². The number of anilines is 2. The van der Waals surface area contributed by atoms with E-state index >= 15 is 0 Å². The Labute approximate surface area is 87.1 Å². The lowest BCUT2D eigenvalue weighted by Crippen LogP contribution is -2.15. The molecule has 0 aliphatic carbocycles. The number of nitrogens with one attached hydrogen (secondary N) is 1. The summed E-state index contributed by atoms with van der Waals surface area (Å²) in [6, 6.07) is 1.18. The van der Waals surface area contributed by atoms with E-state index in [2.05, 4.69) is 0 Å². The topological polar surface area (TPSA) is 107 Å². The van der Waals surface area contributed by atoms with Crippen LogP contribution in [0.15, 0.2) is 12.1 Å². The van der Waals surface area contributed by atoms with Crippen LogP contribution < -0.4 is 17.0 Å². The zero-order valence-corrected chi connectivity index (χ0v) is 7.71. The Morgan fingerprint density at radius 1 is 1.38 bits per heavy atom. The smallest absolute Gasteiger partial charge is 0.397 e. The Bertz CT molecular complexity index is 432. The molecule has 9 heteroatoms. The second-order valence-electron chi connectivity index (χ2n) is 2.85. The van der Waals surface area contributed by atoms with Gasteiger partial charge in [-0.05, 0) is 0 Å². The first-order valence-corrected chi connectivity index (χ1v) is 3.89. The summed E-state index contributed by atoms with van der Waals surface area (Å²) in [6.45, 7) is 0. The van der Waals surface area contributed by atoms with Crippen molar-refractivity contribution in [3.63, 3.8) is 0 Å². The lowest BCUT2D eigenvalue weighted by Gasteiger charge is -2.12. The van der Waals surface area contributed by atoms with E-state index in [0.29, 0.717) is 6.07 Å². The van der Waals surface area contributed by atoms with Crippen LogP contribution in [0, 0.1) is 10.1 Å². The summed E-state index contributed by atoms with van der Waals surface area (Å²) in [5, 5.41) is 10.4. The highest BCUT2D eigenvalue weighted by Crippen LogP contribution is 2.39. The van der Waals surface area contributed by atoms with E-state index in [4.69, 9.17) is 11.6 Å². The van der Waals surface area contributed by atoms with E-state index in [9.17, 15) is 23.3 Å². The summed E-state index contributed by atoms with van der Waals surface area (Å²) >= 11 is 0. The van der Waals surface area contributed by atoms with Crippen molar-refractivity contribution in [2.75, 3.05) is 11.2 Å². The van der Waals surface area contributed by atoms with Crippen molar-refractivity contribution in [1.29, 1.82) is 0 Å². The highest BCUT2D eigenvalue weighted by molar-refractivity contribution is 5.73. The summed E-state index contributed by atoms with van der Waals surface area (Å²) in [5.41, 5.74) is 3.97. The minimum absolute atomic E-state index is 0.346. The van der Waals surface area contributed by atoms with E-state index in [-0.39, 0.29) is 5.69 Å². The third-order valence-electron chi connectivity index (χ3n) is 1.84. The van der Waals surface area contributed by atoms with Gasteiger partial charge in [0.1, 0.15) is 0 Å². The molecule has 16 heavy (non-hydrogen) atoms. The first-order chi connectivity index (χ1) is 7.27. The Morgan fingerprint density at radius 2 is 1.94 bits per heavy atom. The van der Waals surface area contributed by atoms with E-state index in [0.717, 1.165) is 6.07 Å². The average Bonchev–Trinajstić information content (AvgIpc) is 2.15. The van der Waals surface area contributed by atoms with Crippen molar-refractivity contribution in [2.45, 2.75) is 6.18 Å². The number of nitrogens with zero attached hydrogens (tertiary/aromatic N) is 1. The van der Waals surface area contributed by atoms with Gasteiger partial charge in [0.2, 0.25) is 0 Å². The van der Waals surface area contributed by atoms with Crippen molar-refractivity contribution >= 4 is 17.1 Å². The van der Waals surface area contributed by atoms with Gasteiger partial charge < -0.3 is 11.2 Å². The van der Waals surface area contributed by atoms with Gasteiger partial charge in [0.25, 0.3) is 5.69 Å². The number of nitro benzene ring substituents is 1. The number of nitro groups is 1. The number of non-ortho nitro benzene ring substituents is 1. The molecule has 0 saturated heterocycles. The normalized spacial score (nSPS) is 11.2.